The normalized spacial score (nSPS) is 23.1. The number of Topliss-reactive ketones (excluding diaryl/α,β-unsaturated/α-hetero) is 1. The number of ketones is 1. The van der Waals surface area contributed by atoms with Crippen LogP contribution in [0.1, 0.15) is 27.7 Å². The summed E-state index contributed by atoms with van der Waals surface area (Å²) in [5, 5.41) is 0. The first kappa shape index (κ1) is 11.8. The first-order valence-electron chi connectivity index (χ1n) is 5.11. The van der Waals surface area contributed by atoms with Gasteiger partial charge in [-0.15, -0.1) is 0 Å². The molecule has 0 radical (unpaired) electrons. The lowest BCUT2D eigenvalue weighted by atomic mass is 10.1. The van der Waals surface area contributed by atoms with E-state index in [9.17, 15) is 4.79 Å². The molecule has 0 unspecified atom stereocenters. The summed E-state index contributed by atoms with van der Waals surface area (Å²) < 4.78 is 5.54. The second-order valence-corrected chi connectivity index (χ2v) is 4.57. The van der Waals surface area contributed by atoms with E-state index < -0.39 is 0 Å². The Hall–Kier alpha value is -1.25. The molecule has 0 amide bonds. The van der Waals surface area contributed by atoms with Gasteiger partial charge in [-0.1, -0.05) is 6.08 Å². The fraction of sp³-hybridized carbons (Fsp3) is 0.583. The van der Waals surface area contributed by atoms with E-state index in [1.54, 1.807) is 19.9 Å². The number of carbonyl (C=O) groups is 1. The van der Waals surface area contributed by atoms with E-state index in [0.29, 0.717) is 6.61 Å². The Morgan fingerprint density at radius 1 is 1.47 bits per heavy atom. The topological polar surface area (TPSA) is 29.5 Å². The highest BCUT2D eigenvalue weighted by Gasteiger charge is 2.33. The predicted octanol–water partition coefficient (Wildman–Crippen LogP) is 2.10. The zero-order valence-electron chi connectivity index (χ0n) is 10.1. The number of ether oxygens (including phenoxy) is 1. The van der Waals surface area contributed by atoms with Gasteiger partial charge in [-0.05, 0) is 39.3 Å². The average molecular weight is 209 g/mol. The smallest absolute Gasteiger partial charge is 0.189 e. The van der Waals surface area contributed by atoms with Crippen LogP contribution in [0, 0.1) is 0 Å². The van der Waals surface area contributed by atoms with Crippen LogP contribution in [0.5, 0.6) is 0 Å². The lowest BCUT2D eigenvalue weighted by Gasteiger charge is -2.25. The minimum Gasteiger partial charge on any atom is -0.477 e. The summed E-state index contributed by atoms with van der Waals surface area (Å²) in [6.45, 7) is 8.29. The molecule has 0 bridgehead atoms. The molecular weight excluding hydrogens is 190 g/mol. The quantitative estimate of drug-likeness (QED) is 0.652. The highest BCUT2D eigenvalue weighted by atomic mass is 16.5. The minimum atomic E-state index is 0.0315. The van der Waals surface area contributed by atoms with E-state index in [1.165, 1.54) is 0 Å². The van der Waals surface area contributed by atoms with Crippen molar-refractivity contribution in [3.63, 3.8) is 0 Å². The fourth-order valence-corrected chi connectivity index (χ4v) is 1.22. The molecule has 0 aromatic heterocycles. The molecule has 3 heteroatoms. The number of likely N-dealkylation sites (N-methyl/N-ethyl adjacent to an activating group) is 1. The molecule has 0 spiro atoms. The van der Waals surface area contributed by atoms with E-state index in [-0.39, 0.29) is 11.3 Å². The highest BCUT2D eigenvalue weighted by molar-refractivity contribution is 5.92. The van der Waals surface area contributed by atoms with Crippen molar-refractivity contribution in [3.05, 3.63) is 23.6 Å². The van der Waals surface area contributed by atoms with Gasteiger partial charge in [0, 0.05) is 7.05 Å². The molecule has 0 aromatic rings. The van der Waals surface area contributed by atoms with Crippen molar-refractivity contribution in [3.8, 4) is 0 Å². The number of allylic oxidation sites excluding steroid dienone is 3. The summed E-state index contributed by atoms with van der Waals surface area (Å²) in [6, 6.07) is 0. The van der Waals surface area contributed by atoms with Gasteiger partial charge in [0.05, 0.1) is 5.54 Å². The van der Waals surface area contributed by atoms with Crippen LogP contribution >= 0.6 is 0 Å². The third-order valence-electron chi connectivity index (χ3n) is 2.84. The van der Waals surface area contributed by atoms with Crippen LogP contribution in [0.4, 0.5) is 0 Å². The predicted molar refractivity (Wildman–Crippen MR) is 60.3 cm³/mol. The van der Waals surface area contributed by atoms with Crippen LogP contribution in [0.25, 0.3) is 0 Å². The number of carbonyl (C=O) groups excluding carboxylic acids is 1. The van der Waals surface area contributed by atoms with Crippen molar-refractivity contribution < 1.29 is 9.53 Å². The second-order valence-electron chi connectivity index (χ2n) is 4.57. The first-order chi connectivity index (χ1) is 6.84. The number of hydrogen-bond acceptors (Lipinski definition) is 3. The Bertz CT molecular complexity index is 327. The van der Waals surface area contributed by atoms with Gasteiger partial charge in [-0.2, -0.15) is 0 Å². The molecule has 0 saturated carbocycles. The van der Waals surface area contributed by atoms with Gasteiger partial charge in [0.15, 0.2) is 11.7 Å². The third kappa shape index (κ3) is 2.61. The Balaban J connectivity index is 2.79. The van der Waals surface area contributed by atoms with Crippen LogP contribution in [0.2, 0.25) is 0 Å². The maximum absolute atomic E-state index is 11.0. The highest BCUT2D eigenvalue weighted by Crippen LogP contribution is 2.27. The maximum atomic E-state index is 11.0. The fourth-order valence-electron chi connectivity index (χ4n) is 1.22. The molecule has 84 valence electrons. The van der Waals surface area contributed by atoms with Crippen molar-refractivity contribution >= 4 is 5.78 Å². The number of rotatable bonds is 2. The Labute approximate surface area is 91.4 Å². The zero-order chi connectivity index (χ0) is 11.6. The van der Waals surface area contributed by atoms with E-state index in [0.717, 1.165) is 11.5 Å². The van der Waals surface area contributed by atoms with Crippen LogP contribution in [0.15, 0.2) is 23.6 Å². The SMILES string of the molecule is CC(=O)/C(C)=C\C=C1\OCC(C)(C)N1C. The van der Waals surface area contributed by atoms with Crippen LogP contribution in [-0.4, -0.2) is 29.9 Å². The van der Waals surface area contributed by atoms with Crippen molar-refractivity contribution in [2.24, 2.45) is 0 Å². The summed E-state index contributed by atoms with van der Waals surface area (Å²) in [6.07, 6.45) is 3.65. The van der Waals surface area contributed by atoms with Gasteiger partial charge in [-0.3, -0.25) is 4.79 Å². The summed E-state index contributed by atoms with van der Waals surface area (Å²) in [5.74, 6) is 0.910. The molecule has 0 aliphatic carbocycles. The molecule has 1 saturated heterocycles. The Kier molecular flexibility index (Phi) is 3.22. The van der Waals surface area contributed by atoms with Crippen molar-refractivity contribution in [1.82, 2.24) is 4.90 Å². The Morgan fingerprint density at radius 3 is 2.47 bits per heavy atom. The molecule has 0 N–H and O–H groups in total. The molecular formula is C12H19NO2. The Morgan fingerprint density at radius 2 is 2.07 bits per heavy atom. The average Bonchev–Trinajstić information content (AvgIpc) is 2.39. The molecule has 0 aromatic carbocycles. The van der Waals surface area contributed by atoms with Crippen molar-refractivity contribution in [1.29, 1.82) is 0 Å². The molecule has 1 aliphatic rings. The monoisotopic (exact) mass is 209 g/mol. The largest absolute Gasteiger partial charge is 0.477 e. The third-order valence-corrected chi connectivity index (χ3v) is 2.84. The van der Waals surface area contributed by atoms with E-state index in [4.69, 9.17) is 4.74 Å². The minimum absolute atomic E-state index is 0.0315. The van der Waals surface area contributed by atoms with Crippen molar-refractivity contribution in [2.45, 2.75) is 33.2 Å². The molecule has 1 fully saturated rings. The first-order valence-corrected chi connectivity index (χ1v) is 5.11. The molecule has 0 atom stereocenters. The zero-order valence-corrected chi connectivity index (χ0v) is 10.1. The lowest BCUT2D eigenvalue weighted by Crippen LogP contribution is -2.36. The van der Waals surface area contributed by atoms with Gasteiger partial charge in [0.2, 0.25) is 0 Å². The lowest BCUT2D eigenvalue weighted by molar-refractivity contribution is -0.113. The molecule has 15 heavy (non-hydrogen) atoms. The summed E-state index contributed by atoms with van der Waals surface area (Å²) >= 11 is 0. The second kappa shape index (κ2) is 4.09. The summed E-state index contributed by atoms with van der Waals surface area (Å²) in [5.41, 5.74) is 0.772. The van der Waals surface area contributed by atoms with E-state index in [1.807, 2.05) is 13.1 Å². The van der Waals surface area contributed by atoms with Gasteiger partial charge in [0.25, 0.3) is 0 Å². The van der Waals surface area contributed by atoms with Crippen molar-refractivity contribution in [2.75, 3.05) is 13.7 Å². The van der Waals surface area contributed by atoms with Gasteiger partial charge >= 0.3 is 0 Å². The molecule has 3 nitrogen and oxygen atoms in total. The molecule has 1 aliphatic heterocycles. The van der Waals surface area contributed by atoms with Gasteiger partial charge < -0.3 is 9.64 Å². The van der Waals surface area contributed by atoms with Crippen LogP contribution in [0.3, 0.4) is 0 Å². The summed E-state index contributed by atoms with van der Waals surface area (Å²) in [4.78, 5) is 13.1. The molecule has 1 heterocycles. The van der Waals surface area contributed by atoms with E-state index in [2.05, 4.69) is 18.7 Å². The van der Waals surface area contributed by atoms with Gasteiger partial charge in [0.1, 0.15) is 6.61 Å². The van der Waals surface area contributed by atoms with Crippen LogP contribution < -0.4 is 0 Å². The standard InChI is InChI=1S/C12H19NO2/c1-9(10(2)14)6-7-11-13(5)12(3,4)8-15-11/h6-7H,8H2,1-5H3/b9-6-,11-7+. The summed E-state index contributed by atoms with van der Waals surface area (Å²) in [7, 11) is 2.00. The van der Waals surface area contributed by atoms with Crippen LogP contribution in [-0.2, 0) is 9.53 Å². The number of hydrogen-bond donors (Lipinski definition) is 0. The number of nitrogens with zero attached hydrogens (tertiary/aromatic N) is 1. The maximum Gasteiger partial charge on any atom is 0.189 e. The van der Waals surface area contributed by atoms with Gasteiger partial charge in [-0.25, -0.2) is 0 Å². The molecule has 1 rings (SSSR count). The van der Waals surface area contributed by atoms with E-state index >= 15 is 0 Å².